The first-order chi connectivity index (χ1) is 11.9. The van der Waals surface area contributed by atoms with Crippen LogP contribution in [0.3, 0.4) is 0 Å². The Hall–Kier alpha value is -2.47. The second-order valence-corrected chi connectivity index (χ2v) is 6.50. The average molecular weight is 386 g/mol. The predicted octanol–water partition coefficient (Wildman–Crippen LogP) is 3.07. The van der Waals surface area contributed by atoms with Gasteiger partial charge in [0.25, 0.3) is 0 Å². The number of nitrogens with one attached hydrogen (secondary N) is 2. The standard InChI is InChI=1S/C13H9F3N6OS2/c14-13(15,16)10-20-22-12(25-10)17-8(23)6-24-11-18-9(19-21-11)7-4-2-1-3-5-7/h1-5H,6H2,(H,17,22,23)(H,18,19,21). The molecule has 130 valence electrons. The molecule has 2 aromatic heterocycles. The molecule has 2 heterocycles. The zero-order valence-corrected chi connectivity index (χ0v) is 13.9. The summed E-state index contributed by atoms with van der Waals surface area (Å²) in [7, 11) is 0. The number of aromatic nitrogens is 5. The van der Waals surface area contributed by atoms with Crippen molar-refractivity contribution >= 4 is 34.1 Å². The third kappa shape index (κ3) is 4.54. The van der Waals surface area contributed by atoms with Crippen LogP contribution in [0.2, 0.25) is 0 Å². The number of anilines is 1. The SMILES string of the molecule is O=C(CSc1n[nH]c(-c2ccccc2)n1)Nc1nnc(C(F)(F)F)s1. The van der Waals surface area contributed by atoms with Gasteiger partial charge in [0.15, 0.2) is 5.82 Å². The minimum atomic E-state index is -4.58. The van der Waals surface area contributed by atoms with Crippen LogP contribution in [-0.4, -0.2) is 37.0 Å². The van der Waals surface area contributed by atoms with Gasteiger partial charge >= 0.3 is 6.18 Å². The fourth-order valence-corrected chi connectivity index (χ4v) is 2.94. The first-order valence-electron chi connectivity index (χ1n) is 6.73. The summed E-state index contributed by atoms with van der Waals surface area (Å²) in [5.74, 6) is -0.0455. The number of benzene rings is 1. The molecule has 0 saturated carbocycles. The Labute approximate surface area is 147 Å². The molecule has 3 aromatic rings. The molecule has 2 N–H and O–H groups in total. The van der Waals surface area contributed by atoms with E-state index in [1.807, 2.05) is 30.3 Å². The van der Waals surface area contributed by atoms with Crippen molar-refractivity contribution in [3.63, 3.8) is 0 Å². The van der Waals surface area contributed by atoms with Crippen LogP contribution in [0.25, 0.3) is 11.4 Å². The van der Waals surface area contributed by atoms with Gasteiger partial charge in [-0.3, -0.25) is 15.2 Å². The van der Waals surface area contributed by atoms with Gasteiger partial charge in [0, 0.05) is 5.56 Å². The Bertz CT molecular complexity index is 864. The summed E-state index contributed by atoms with van der Waals surface area (Å²) in [5.41, 5.74) is 0.847. The molecule has 7 nitrogen and oxygen atoms in total. The largest absolute Gasteiger partial charge is 0.445 e. The van der Waals surface area contributed by atoms with Crippen molar-refractivity contribution in [2.24, 2.45) is 0 Å². The van der Waals surface area contributed by atoms with E-state index < -0.39 is 17.1 Å². The summed E-state index contributed by atoms with van der Waals surface area (Å²) in [5, 5.41) is 14.3. The minimum Gasteiger partial charge on any atom is -0.300 e. The number of rotatable bonds is 5. The van der Waals surface area contributed by atoms with Crippen molar-refractivity contribution in [1.82, 2.24) is 25.4 Å². The van der Waals surface area contributed by atoms with E-state index in [9.17, 15) is 18.0 Å². The van der Waals surface area contributed by atoms with Gasteiger partial charge in [-0.05, 0) is 0 Å². The van der Waals surface area contributed by atoms with Gasteiger partial charge < -0.3 is 0 Å². The second kappa shape index (κ2) is 7.19. The van der Waals surface area contributed by atoms with Gasteiger partial charge in [0.05, 0.1) is 5.75 Å². The zero-order chi connectivity index (χ0) is 17.9. The minimum absolute atomic E-state index is 0.0764. The average Bonchev–Trinajstić information content (AvgIpc) is 3.23. The molecule has 0 aliphatic carbocycles. The van der Waals surface area contributed by atoms with Crippen LogP contribution in [0, 0.1) is 0 Å². The number of thioether (sulfide) groups is 1. The fraction of sp³-hybridized carbons (Fsp3) is 0.154. The number of nitrogens with zero attached hydrogens (tertiary/aromatic N) is 4. The lowest BCUT2D eigenvalue weighted by molar-refractivity contribution is -0.138. The molecule has 0 fully saturated rings. The van der Waals surface area contributed by atoms with E-state index in [2.05, 4.69) is 30.7 Å². The van der Waals surface area contributed by atoms with Gasteiger partial charge in [-0.1, -0.05) is 53.4 Å². The number of amides is 1. The number of hydrogen-bond acceptors (Lipinski definition) is 7. The molecule has 0 spiro atoms. The molecule has 25 heavy (non-hydrogen) atoms. The number of H-pyrrole nitrogens is 1. The Morgan fingerprint density at radius 3 is 2.68 bits per heavy atom. The van der Waals surface area contributed by atoms with Crippen LogP contribution in [0.1, 0.15) is 5.01 Å². The zero-order valence-electron chi connectivity index (χ0n) is 12.2. The fourth-order valence-electron chi connectivity index (χ4n) is 1.71. The molecular weight excluding hydrogens is 377 g/mol. The predicted molar refractivity (Wildman–Crippen MR) is 86.1 cm³/mol. The summed E-state index contributed by atoms with van der Waals surface area (Å²) in [6.45, 7) is 0. The number of carbonyl (C=O) groups excluding carboxylic acids is 1. The van der Waals surface area contributed by atoms with Crippen LogP contribution in [0.5, 0.6) is 0 Å². The van der Waals surface area contributed by atoms with Gasteiger partial charge in [-0.2, -0.15) is 13.2 Å². The second-order valence-electron chi connectivity index (χ2n) is 4.58. The van der Waals surface area contributed by atoms with Gasteiger partial charge in [-0.25, -0.2) is 4.98 Å². The lowest BCUT2D eigenvalue weighted by Gasteiger charge is -1.99. The summed E-state index contributed by atoms with van der Waals surface area (Å²) in [6, 6.07) is 9.30. The Morgan fingerprint density at radius 2 is 2.00 bits per heavy atom. The Kier molecular flexibility index (Phi) is 4.99. The normalized spacial score (nSPS) is 11.5. The highest BCUT2D eigenvalue weighted by molar-refractivity contribution is 7.99. The van der Waals surface area contributed by atoms with Crippen molar-refractivity contribution in [3.05, 3.63) is 35.3 Å². The number of hydrogen-bond donors (Lipinski definition) is 2. The molecule has 3 rings (SSSR count). The van der Waals surface area contributed by atoms with E-state index in [-0.39, 0.29) is 22.2 Å². The summed E-state index contributed by atoms with van der Waals surface area (Å²) >= 11 is 1.31. The number of carbonyl (C=O) groups is 1. The van der Waals surface area contributed by atoms with E-state index >= 15 is 0 Å². The topological polar surface area (TPSA) is 96.5 Å². The molecule has 0 aliphatic rings. The third-order valence-electron chi connectivity index (χ3n) is 2.76. The first-order valence-corrected chi connectivity index (χ1v) is 8.53. The Morgan fingerprint density at radius 1 is 1.24 bits per heavy atom. The molecule has 0 atom stereocenters. The highest BCUT2D eigenvalue weighted by Crippen LogP contribution is 2.33. The first kappa shape index (κ1) is 17.4. The summed E-state index contributed by atoms with van der Waals surface area (Å²) < 4.78 is 37.3. The van der Waals surface area contributed by atoms with Crippen molar-refractivity contribution in [3.8, 4) is 11.4 Å². The van der Waals surface area contributed by atoms with Crippen molar-refractivity contribution < 1.29 is 18.0 Å². The van der Waals surface area contributed by atoms with E-state index in [0.29, 0.717) is 11.0 Å². The number of halogens is 3. The summed E-state index contributed by atoms with van der Waals surface area (Å²) in [6.07, 6.45) is -4.58. The van der Waals surface area contributed by atoms with E-state index in [0.717, 1.165) is 17.3 Å². The summed E-state index contributed by atoms with van der Waals surface area (Å²) in [4.78, 5) is 16.0. The van der Waals surface area contributed by atoms with Crippen molar-refractivity contribution in [2.75, 3.05) is 11.1 Å². The molecule has 1 amide bonds. The van der Waals surface area contributed by atoms with Gasteiger partial charge in [0.2, 0.25) is 21.2 Å². The van der Waals surface area contributed by atoms with Crippen LogP contribution in [0.15, 0.2) is 35.5 Å². The highest BCUT2D eigenvalue weighted by atomic mass is 32.2. The molecule has 0 unspecified atom stereocenters. The number of alkyl halides is 3. The monoisotopic (exact) mass is 386 g/mol. The maximum absolute atomic E-state index is 12.4. The Balaban J connectivity index is 1.54. The van der Waals surface area contributed by atoms with Crippen LogP contribution in [0.4, 0.5) is 18.3 Å². The molecular formula is C13H9F3N6OS2. The molecule has 1 aromatic carbocycles. The maximum Gasteiger partial charge on any atom is 0.445 e. The van der Waals surface area contributed by atoms with E-state index in [4.69, 9.17) is 0 Å². The van der Waals surface area contributed by atoms with Gasteiger partial charge in [0.1, 0.15) is 0 Å². The third-order valence-corrected chi connectivity index (χ3v) is 4.49. The van der Waals surface area contributed by atoms with Crippen molar-refractivity contribution in [1.29, 1.82) is 0 Å². The molecule has 0 bridgehead atoms. The van der Waals surface area contributed by atoms with Crippen LogP contribution < -0.4 is 5.32 Å². The van der Waals surface area contributed by atoms with Crippen LogP contribution in [-0.2, 0) is 11.0 Å². The quantitative estimate of drug-likeness (QED) is 0.654. The van der Waals surface area contributed by atoms with Crippen molar-refractivity contribution in [2.45, 2.75) is 11.3 Å². The molecule has 0 saturated heterocycles. The maximum atomic E-state index is 12.4. The highest BCUT2D eigenvalue weighted by Gasteiger charge is 2.35. The van der Waals surface area contributed by atoms with Gasteiger partial charge in [-0.15, -0.1) is 15.3 Å². The lowest BCUT2D eigenvalue weighted by atomic mass is 10.2. The molecule has 0 aliphatic heterocycles. The van der Waals surface area contributed by atoms with E-state index in [1.54, 1.807) is 0 Å². The van der Waals surface area contributed by atoms with E-state index in [1.165, 1.54) is 0 Å². The molecule has 0 radical (unpaired) electrons. The number of aromatic amines is 1. The molecule has 12 heteroatoms. The van der Waals surface area contributed by atoms with Crippen LogP contribution >= 0.6 is 23.1 Å². The smallest absolute Gasteiger partial charge is 0.300 e. The lowest BCUT2D eigenvalue weighted by Crippen LogP contribution is -2.13.